The van der Waals surface area contributed by atoms with Crippen molar-refractivity contribution in [1.82, 2.24) is 0 Å². The van der Waals surface area contributed by atoms with E-state index in [1.807, 2.05) is 0 Å². The number of hydrogen-bond acceptors (Lipinski definition) is 1. The summed E-state index contributed by atoms with van der Waals surface area (Å²) in [4.78, 5) is 2.40. The monoisotopic (exact) mass is 191 g/mol. The quantitative estimate of drug-likeness (QED) is 0.707. The van der Waals surface area contributed by atoms with Crippen LogP contribution in [0.4, 0.5) is 5.69 Å². The summed E-state index contributed by atoms with van der Waals surface area (Å²) in [7, 11) is 0. The molecule has 14 heavy (non-hydrogen) atoms. The van der Waals surface area contributed by atoms with Gasteiger partial charge in [0.2, 0.25) is 0 Å². The molecule has 0 saturated carbocycles. The molecule has 1 aromatic rings. The normalized spacial score (nSPS) is 10.4. The summed E-state index contributed by atoms with van der Waals surface area (Å²) in [6.07, 6.45) is 0. The van der Waals surface area contributed by atoms with E-state index in [1.54, 1.807) is 0 Å². The molecule has 78 valence electrons. The Kier molecular flexibility index (Phi) is 3.56. The van der Waals surface area contributed by atoms with Gasteiger partial charge in [0, 0.05) is 18.8 Å². The molecule has 0 aliphatic heterocycles. The van der Waals surface area contributed by atoms with Crippen molar-refractivity contribution in [3.63, 3.8) is 0 Å². The Morgan fingerprint density at radius 1 is 0.929 bits per heavy atom. The maximum Gasteiger partial charge on any atom is 0.0398 e. The fraction of sp³-hybridized carbons (Fsp3) is 0.538. The zero-order valence-electron chi connectivity index (χ0n) is 10.0. The van der Waals surface area contributed by atoms with Gasteiger partial charge >= 0.3 is 0 Å². The number of hydrogen-bond donors (Lipinski definition) is 0. The minimum absolute atomic E-state index is 1.08. The molecule has 0 saturated heterocycles. The SMILES string of the molecule is CCN(CC)c1ccc(C)c(C)c1C. The molecule has 1 rings (SSSR count). The largest absolute Gasteiger partial charge is 0.372 e. The molecule has 0 N–H and O–H groups in total. The standard InChI is InChI=1S/C13H21N/c1-6-14(7-2)13-9-8-10(3)11(4)12(13)5/h8-9H,6-7H2,1-5H3. The van der Waals surface area contributed by atoms with Gasteiger partial charge in [-0.25, -0.2) is 0 Å². The number of anilines is 1. The lowest BCUT2D eigenvalue weighted by Gasteiger charge is -2.24. The number of nitrogens with zero attached hydrogens (tertiary/aromatic N) is 1. The van der Waals surface area contributed by atoms with Gasteiger partial charge in [-0.2, -0.15) is 0 Å². The second-order valence-electron chi connectivity index (χ2n) is 3.82. The van der Waals surface area contributed by atoms with Crippen molar-refractivity contribution in [2.75, 3.05) is 18.0 Å². The van der Waals surface area contributed by atoms with Crippen molar-refractivity contribution in [2.45, 2.75) is 34.6 Å². The molecule has 0 aliphatic rings. The smallest absolute Gasteiger partial charge is 0.0398 e. The van der Waals surface area contributed by atoms with Crippen LogP contribution in [-0.2, 0) is 0 Å². The maximum atomic E-state index is 2.40. The first-order valence-electron chi connectivity index (χ1n) is 5.43. The van der Waals surface area contributed by atoms with E-state index in [0.29, 0.717) is 0 Å². The number of aryl methyl sites for hydroxylation is 1. The van der Waals surface area contributed by atoms with Crippen LogP contribution >= 0.6 is 0 Å². The average Bonchev–Trinajstić information content (AvgIpc) is 2.19. The van der Waals surface area contributed by atoms with Crippen molar-refractivity contribution in [2.24, 2.45) is 0 Å². The van der Waals surface area contributed by atoms with Crippen molar-refractivity contribution < 1.29 is 0 Å². The fourth-order valence-corrected chi connectivity index (χ4v) is 1.85. The van der Waals surface area contributed by atoms with Gasteiger partial charge in [-0.3, -0.25) is 0 Å². The van der Waals surface area contributed by atoms with E-state index in [9.17, 15) is 0 Å². The van der Waals surface area contributed by atoms with Crippen molar-refractivity contribution in [1.29, 1.82) is 0 Å². The zero-order chi connectivity index (χ0) is 10.7. The van der Waals surface area contributed by atoms with Crippen LogP contribution in [0.25, 0.3) is 0 Å². The Morgan fingerprint density at radius 3 is 2.00 bits per heavy atom. The van der Waals surface area contributed by atoms with Crippen LogP contribution in [0.1, 0.15) is 30.5 Å². The lowest BCUT2D eigenvalue weighted by atomic mass is 10.0. The third kappa shape index (κ3) is 1.92. The summed E-state index contributed by atoms with van der Waals surface area (Å²) in [5.41, 5.74) is 5.62. The van der Waals surface area contributed by atoms with E-state index >= 15 is 0 Å². The van der Waals surface area contributed by atoms with E-state index in [-0.39, 0.29) is 0 Å². The van der Waals surface area contributed by atoms with E-state index in [4.69, 9.17) is 0 Å². The fourth-order valence-electron chi connectivity index (χ4n) is 1.85. The van der Waals surface area contributed by atoms with Gasteiger partial charge in [-0.1, -0.05) is 6.07 Å². The molecule has 1 heteroatoms. The summed E-state index contributed by atoms with van der Waals surface area (Å²) in [5.74, 6) is 0. The Labute approximate surface area is 87.7 Å². The maximum absolute atomic E-state index is 2.40. The Morgan fingerprint density at radius 2 is 1.50 bits per heavy atom. The molecule has 0 atom stereocenters. The van der Waals surface area contributed by atoms with E-state index in [0.717, 1.165) is 13.1 Å². The van der Waals surface area contributed by atoms with Gasteiger partial charge in [0.1, 0.15) is 0 Å². The van der Waals surface area contributed by atoms with Crippen molar-refractivity contribution in [3.8, 4) is 0 Å². The van der Waals surface area contributed by atoms with Crippen LogP contribution < -0.4 is 4.90 Å². The highest BCUT2D eigenvalue weighted by Gasteiger charge is 2.07. The second kappa shape index (κ2) is 4.50. The van der Waals surface area contributed by atoms with Gasteiger partial charge < -0.3 is 4.90 Å². The minimum atomic E-state index is 1.08. The van der Waals surface area contributed by atoms with Crippen molar-refractivity contribution >= 4 is 5.69 Å². The predicted octanol–water partition coefficient (Wildman–Crippen LogP) is 3.46. The van der Waals surface area contributed by atoms with Crippen LogP contribution in [0.5, 0.6) is 0 Å². The first-order chi connectivity index (χ1) is 6.61. The summed E-state index contributed by atoms with van der Waals surface area (Å²) in [6.45, 7) is 13.2. The van der Waals surface area contributed by atoms with Gasteiger partial charge in [-0.05, 0) is 57.4 Å². The lowest BCUT2D eigenvalue weighted by molar-refractivity contribution is 0.860. The highest BCUT2D eigenvalue weighted by atomic mass is 15.1. The van der Waals surface area contributed by atoms with E-state index in [2.05, 4.69) is 51.7 Å². The van der Waals surface area contributed by atoms with Gasteiger partial charge in [0.05, 0.1) is 0 Å². The Balaban J connectivity index is 3.16. The van der Waals surface area contributed by atoms with Crippen molar-refractivity contribution in [3.05, 3.63) is 28.8 Å². The first kappa shape index (κ1) is 11.1. The molecule has 0 spiro atoms. The van der Waals surface area contributed by atoms with Gasteiger partial charge in [0.25, 0.3) is 0 Å². The van der Waals surface area contributed by atoms with Gasteiger partial charge in [-0.15, -0.1) is 0 Å². The summed E-state index contributed by atoms with van der Waals surface area (Å²) in [6, 6.07) is 4.46. The molecule has 0 bridgehead atoms. The number of benzene rings is 1. The second-order valence-corrected chi connectivity index (χ2v) is 3.82. The predicted molar refractivity (Wildman–Crippen MR) is 64.2 cm³/mol. The Bertz CT molecular complexity index is 311. The molecule has 0 fully saturated rings. The number of rotatable bonds is 3. The van der Waals surface area contributed by atoms with Crippen LogP contribution in [0.3, 0.4) is 0 Å². The minimum Gasteiger partial charge on any atom is -0.372 e. The summed E-state index contributed by atoms with van der Waals surface area (Å²) in [5, 5.41) is 0. The third-order valence-electron chi connectivity index (χ3n) is 3.13. The Hall–Kier alpha value is -0.980. The molecular weight excluding hydrogens is 170 g/mol. The topological polar surface area (TPSA) is 3.24 Å². The molecule has 0 aliphatic carbocycles. The molecular formula is C13H21N. The lowest BCUT2D eigenvalue weighted by Crippen LogP contribution is -2.23. The molecule has 0 heterocycles. The molecule has 0 radical (unpaired) electrons. The highest BCUT2D eigenvalue weighted by Crippen LogP contribution is 2.24. The van der Waals surface area contributed by atoms with Gasteiger partial charge in [0.15, 0.2) is 0 Å². The van der Waals surface area contributed by atoms with Crippen LogP contribution in [0.2, 0.25) is 0 Å². The van der Waals surface area contributed by atoms with E-state index in [1.165, 1.54) is 22.4 Å². The third-order valence-corrected chi connectivity index (χ3v) is 3.13. The average molecular weight is 191 g/mol. The molecule has 1 aromatic carbocycles. The molecule has 0 amide bonds. The van der Waals surface area contributed by atoms with Crippen LogP contribution in [0.15, 0.2) is 12.1 Å². The highest BCUT2D eigenvalue weighted by molar-refractivity contribution is 5.57. The molecule has 0 unspecified atom stereocenters. The molecule has 0 aromatic heterocycles. The summed E-state index contributed by atoms with van der Waals surface area (Å²) >= 11 is 0. The van der Waals surface area contributed by atoms with Crippen LogP contribution in [0, 0.1) is 20.8 Å². The zero-order valence-corrected chi connectivity index (χ0v) is 10.0. The first-order valence-corrected chi connectivity index (χ1v) is 5.43. The van der Waals surface area contributed by atoms with E-state index < -0.39 is 0 Å². The van der Waals surface area contributed by atoms with Crippen LogP contribution in [-0.4, -0.2) is 13.1 Å². The summed E-state index contributed by atoms with van der Waals surface area (Å²) < 4.78 is 0. The molecule has 1 nitrogen and oxygen atoms in total.